The molecule has 4 aliphatic rings. The Morgan fingerprint density at radius 3 is 1.84 bits per heavy atom. The molecule has 0 aromatic rings. The Morgan fingerprint density at radius 2 is 1.47 bits per heavy atom. The van der Waals surface area contributed by atoms with Crippen LogP contribution in [-0.2, 0) is 4.79 Å². The van der Waals surface area contributed by atoms with Crippen molar-refractivity contribution < 1.29 is 4.79 Å². The van der Waals surface area contributed by atoms with Crippen molar-refractivity contribution in [2.24, 2.45) is 29.1 Å². The van der Waals surface area contributed by atoms with E-state index in [0.717, 1.165) is 17.8 Å². The molecule has 1 N–H and O–H groups in total. The Kier molecular flexibility index (Phi) is 3.00. The van der Waals surface area contributed by atoms with E-state index in [4.69, 9.17) is 0 Å². The summed E-state index contributed by atoms with van der Waals surface area (Å²) in [7, 11) is 0. The summed E-state index contributed by atoms with van der Waals surface area (Å²) in [4.78, 5) is 12.7. The molecule has 1 amide bonds. The van der Waals surface area contributed by atoms with E-state index >= 15 is 0 Å². The topological polar surface area (TPSA) is 29.1 Å². The third-order valence-corrected chi connectivity index (χ3v) is 6.45. The van der Waals surface area contributed by atoms with Crippen LogP contribution in [0.1, 0.15) is 66.2 Å². The van der Waals surface area contributed by atoms with Gasteiger partial charge in [-0.3, -0.25) is 4.79 Å². The molecule has 4 bridgehead atoms. The zero-order valence-electron chi connectivity index (χ0n) is 13.0. The molecule has 2 heteroatoms. The van der Waals surface area contributed by atoms with Gasteiger partial charge in [-0.1, -0.05) is 27.7 Å². The lowest BCUT2D eigenvalue weighted by Crippen LogP contribution is -2.62. The molecule has 0 heterocycles. The molecule has 108 valence electrons. The maximum absolute atomic E-state index is 12.7. The molecule has 0 radical (unpaired) electrons. The highest BCUT2D eigenvalue weighted by Gasteiger charge is 2.52. The fourth-order valence-electron chi connectivity index (χ4n) is 4.93. The number of amides is 1. The van der Waals surface area contributed by atoms with Gasteiger partial charge in [-0.25, -0.2) is 0 Å². The van der Waals surface area contributed by atoms with E-state index < -0.39 is 0 Å². The normalized spacial score (nSPS) is 40.8. The molecule has 2 nitrogen and oxygen atoms in total. The Morgan fingerprint density at radius 1 is 1.05 bits per heavy atom. The number of rotatable bonds is 3. The van der Waals surface area contributed by atoms with Crippen LogP contribution in [0.5, 0.6) is 0 Å². The number of hydrogen-bond donors (Lipinski definition) is 1. The Balaban J connectivity index is 1.75. The molecule has 0 aliphatic heterocycles. The molecule has 0 aromatic carbocycles. The van der Waals surface area contributed by atoms with Gasteiger partial charge in [0.25, 0.3) is 0 Å². The van der Waals surface area contributed by atoms with Gasteiger partial charge in [-0.05, 0) is 62.2 Å². The van der Waals surface area contributed by atoms with Crippen LogP contribution in [0.15, 0.2) is 0 Å². The zero-order chi connectivity index (χ0) is 13.8. The van der Waals surface area contributed by atoms with Crippen molar-refractivity contribution in [2.75, 3.05) is 0 Å². The van der Waals surface area contributed by atoms with Gasteiger partial charge >= 0.3 is 0 Å². The highest BCUT2D eigenvalue weighted by Crippen LogP contribution is 2.55. The minimum Gasteiger partial charge on any atom is -0.350 e. The van der Waals surface area contributed by atoms with Crippen LogP contribution in [0.2, 0.25) is 0 Å². The lowest BCUT2D eigenvalue weighted by molar-refractivity contribution is -0.137. The van der Waals surface area contributed by atoms with E-state index in [1.54, 1.807) is 0 Å². The van der Waals surface area contributed by atoms with Crippen LogP contribution in [-0.4, -0.2) is 11.4 Å². The molecule has 0 spiro atoms. The van der Waals surface area contributed by atoms with Crippen molar-refractivity contribution in [2.45, 2.75) is 71.8 Å². The largest absolute Gasteiger partial charge is 0.350 e. The molecule has 4 saturated carbocycles. The van der Waals surface area contributed by atoms with Crippen LogP contribution in [0.3, 0.4) is 0 Å². The van der Waals surface area contributed by atoms with Crippen molar-refractivity contribution in [1.29, 1.82) is 0 Å². The van der Waals surface area contributed by atoms with E-state index in [9.17, 15) is 4.79 Å². The van der Waals surface area contributed by atoms with Gasteiger partial charge < -0.3 is 5.32 Å². The van der Waals surface area contributed by atoms with Gasteiger partial charge in [0.15, 0.2) is 0 Å². The standard InChI is InChI=1S/C17H29NO/c1-11(2)16(3,4)15(19)18-17-8-12-5-13(9-17)7-14(6-12)10-17/h11-14H,5-10H2,1-4H3,(H,18,19). The second kappa shape index (κ2) is 4.23. The second-order valence-electron chi connectivity index (χ2n) is 8.53. The highest BCUT2D eigenvalue weighted by molar-refractivity contribution is 5.82. The first-order valence-corrected chi connectivity index (χ1v) is 8.13. The van der Waals surface area contributed by atoms with Gasteiger partial charge in [0.05, 0.1) is 0 Å². The van der Waals surface area contributed by atoms with E-state index in [1.807, 2.05) is 0 Å². The van der Waals surface area contributed by atoms with Crippen LogP contribution < -0.4 is 5.32 Å². The number of nitrogens with one attached hydrogen (secondary N) is 1. The first-order valence-electron chi connectivity index (χ1n) is 8.13. The highest BCUT2D eigenvalue weighted by atomic mass is 16.2. The van der Waals surface area contributed by atoms with Gasteiger partial charge in [0.2, 0.25) is 5.91 Å². The lowest BCUT2D eigenvalue weighted by Gasteiger charge is -2.57. The predicted molar refractivity (Wildman–Crippen MR) is 77.7 cm³/mol. The SMILES string of the molecule is CC(C)C(C)(C)C(=O)NC12CC3CC(CC(C3)C1)C2. The molecule has 4 rings (SSSR count). The van der Waals surface area contributed by atoms with Crippen molar-refractivity contribution in [3.8, 4) is 0 Å². The van der Waals surface area contributed by atoms with Crippen LogP contribution in [0.4, 0.5) is 0 Å². The Hall–Kier alpha value is -0.530. The quantitative estimate of drug-likeness (QED) is 0.825. The maximum Gasteiger partial charge on any atom is 0.226 e. The maximum atomic E-state index is 12.7. The Labute approximate surface area is 117 Å². The van der Waals surface area contributed by atoms with Crippen molar-refractivity contribution >= 4 is 5.91 Å². The smallest absolute Gasteiger partial charge is 0.226 e. The number of hydrogen-bond acceptors (Lipinski definition) is 1. The van der Waals surface area contributed by atoms with Crippen LogP contribution in [0.25, 0.3) is 0 Å². The molecule has 4 fully saturated rings. The summed E-state index contributed by atoms with van der Waals surface area (Å²) in [5.41, 5.74) is -0.0820. The fourth-order valence-corrected chi connectivity index (χ4v) is 4.93. The summed E-state index contributed by atoms with van der Waals surface area (Å²) in [5.74, 6) is 3.36. The van der Waals surface area contributed by atoms with Gasteiger partial charge in [0, 0.05) is 11.0 Å². The molecule has 0 aromatic heterocycles. The van der Waals surface area contributed by atoms with Crippen LogP contribution >= 0.6 is 0 Å². The molecule has 19 heavy (non-hydrogen) atoms. The van der Waals surface area contributed by atoms with E-state index in [-0.39, 0.29) is 16.9 Å². The van der Waals surface area contributed by atoms with E-state index in [2.05, 4.69) is 33.0 Å². The zero-order valence-corrected chi connectivity index (χ0v) is 13.0. The summed E-state index contributed by atoms with van der Waals surface area (Å²) in [6.07, 6.45) is 8.05. The molecule has 0 unspecified atom stereocenters. The van der Waals surface area contributed by atoms with E-state index in [0.29, 0.717) is 5.92 Å². The minimum atomic E-state index is -0.247. The van der Waals surface area contributed by atoms with Gasteiger partial charge in [0.1, 0.15) is 0 Å². The molecule has 0 atom stereocenters. The number of carbonyl (C=O) groups excluding carboxylic acids is 1. The second-order valence-corrected chi connectivity index (χ2v) is 8.53. The minimum absolute atomic E-state index is 0.165. The average Bonchev–Trinajstić information content (AvgIpc) is 2.25. The summed E-state index contributed by atoms with van der Waals surface area (Å²) in [6, 6.07) is 0. The molecule has 0 saturated heterocycles. The van der Waals surface area contributed by atoms with Gasteiger partial charge in [-0.15, -0.1) is 0 Å². The van der Waals surface area contributed by atoms with Crippen LogP contribution in [0, 0.1) is 29.1 Å². The third kappa shape index (κ3) is 2.21. The van der Waals surface area contributed by atoms with Crippen molar-refractivity contribution in [3.05, 3.63) is 0 Å². The summed E-state index contributed by atoms with van der Waals surface area (Å²) < 4.78 is 0. The number of carbonyl (C=O) groups is 1. The first kappa shape index (κ1) is 13.5. The van der Waals surface area contributed by atoms with Crippen molar-refractivity contribution in [1.82, 2.24) is 5.32 Å². The van der Waals surface area contributed by atoms with Crippen molar-refractivity contribution in [3.63, 3.8) is 0 Å². The monoisotopic (exact) mass is 263 g/mol. The average molecular weight is 263 g/mol. The Bertz CT molecular complexity index is 347. The first-order chi connectivity index (χ1) is 8.81. The summed E-state index contributed by atoms with van der Waals surface area (Å²) in [6.45, 7) is 8.49. The molecule has 4 aliphatic carbocycles. The third-order valence-electron chi connectivity index (χ3n) is 6.45. The molecular weight excluding hydrogens is 234 g/mol. The summed E-state index contributed by atoms with van der Waals surface area (Å²) >= 11 is 0. The predicted octanol–water partition coefficient (Wildman–Crippen LogP) is 3.75. The summed E-state index contributed by atoms with van der Waals surface area (Å²) in [5, 5.41) is 3.51. The van der Waals surface area contributed by atoms with Gasteiger partial charge in [-0.2, -0.15) is 0 Å². The lowest BCUT2D eigenvalue weighted by atomic mass is 9.53. The molecular formula is C17H29NO. The fraction of sp³-hybridized carbons (Fsp3) is 0.941. The van der Waals surface area contributed by atoms with E-state index in [1.165, 1.54) is 38.5 Å².